The number of rotatable bonds is 5. The van der Waals surface area contributed by atoms with Gasteiger partial charge in [0.15, 0.2) is 0 Å². The van der Waals surface area contributed by atoms with Crippen LogP contribution in [0.2, 0.25) is 0 Å². The predicted molar refractivity (Wildman–Crippen MR) is 108 cm³/mol. The van der Waals surface area contributed by atoms with Crippen molar-refractivity contribution in [1.29, 1.82) is 0 Å². The van der Waals surface area contributed by atoms with Crippen LogP contribution < -0.4 is 19.7 Å². The fourth-order valence-electron chi connectivity index (χ4n) is 3.42. The largest absolute Gasteiger partial charge is 0.497 e. The average Bonchev–Trinajstić information content (AvgIpc) is 3.00. The van der Waals surface area contributed by atoms with Gasteiger partial charge in [0.2, 0.25) is 0 Å². The minimum Gasteiger partial charge on any atom is -0.497 e. The molecule has 0 saturated heterocycles. The molecule has 0 bridgehead atoms. The number of pyridine rings is 1. The Balaban J connectivity index is 1.81. The standard InChI is InChI=1S/C22H21N3O3/c1-14-10-11-23-20(12-14)25-21(16-6-4-5-7-17(16)22(25)26)24-18-13-15(27-2)8-9-19(18)28-3/h4-13,21,24H,1-3H3/t21-/m1/s1. The summed E-state index contributed by atoms with van der Waals surface area (Å²) in [5, 5.41) is 3.45. The van der Waals surface area contributed by atoms with E-state index in [-0.39, 0.29) is 5.91 Å². The summed E-state index contributed by atoms with van der Waals surface area (Å²) >= 11 is 0. The van der Waals surface area contributed by atoms with E-state index in [1.165, 1.54) is 0 Å². The van der Waals surface area contributed by atoms with Gasteiger partial charge in [0.25, 0.3) is 5.91 Å². The van der Waals surface area contributed by atoms with Crippen molar-refractivity contribution < 1.29 is 14.3 Å². The molecule has 0 fully saturated rings. The highest BCUT2D eigenvalue weighted by molar-refractivity contribution is 6.11. The van der Waals surface area contributed by atoms with Crippen LogP contribution in [-0.2, 0) is 0 Å². The third-order valence-corrected chi connectivity index (χ3v) is 4.81. The van der Waals surface area contributed by atoms with Crippen molar-refractivity contribution in [1.82, 2.24) is 4.98 Å². The van der Waals surface area contributed by atoms with Crippen LogP contribution in [-0.4, -0.2) is 25.1 Å². The van der Waals surface area contributed by atoms with Crippen molar-refractivity contribution in [3.63, 3.8) is 0 Å². The summed E-state index contributed by atoms with van der Waals surface area (Å²) in [7, 11) is 3.23. The highest BCUT2D eigenvalue weighted by atomic mass is 16.5. The van der Waals surface area contributed by atoms with Gasteiger partial charge in [-0.25, -0.2) is 4.98 Å². The van der Waals surface area contributed by atoms with E-state index in [1.54, 1.807) is 25.3 Å². The van der Waals surface area contributed by atoms with Gasteiger partial charge < -0.3 is 14.8 Å². The maximum atomic E-state index is 13.2. The number of aryl methyl sites for hydroxylation is 1. The van der Waals surface area contributed by atoms with Gasteiger partial charge in [-0.1, -0.05) is 18.2 Å². The van der Waals surface area contributed by atoms with E-state index < -0.39 is 6.17 Å². The number of hydrogen-bond donors (Lipinski definition) is 1. The molecular formula is C22H21N3O3. The lowest BCUT2D eigenvalue weighted by molar-refractivity contribution is 0.0992. The molecule has 2 aromatic carbocycles. The molecule has 0 aliphatic carbocycles. The Bertz CT molecular complexity index is 1040. The van der Waals surface area contributed by atoms with Gasteiger partial charge in [-0.05, 0) is 42.8 Å². The maximum Gasteiger partial charge on any atom is 0.261 e. The molecule has 3 aromatic rings. The molecule has 1 aliphatic rings. The number of aromatic nitrogens is 1. The maximum absolute atomic E-state index is 13.2. The van der Waals surface area contributed by atoms with Crippen LogP contribution in [0.1, 0.15) is 27.7 Å². The van der Waals surface area contributed by atoms with Crippen molar-refractivity contribution in [2.24, 2.45) is 0 Å². The SMILES string of the molecule is COc1ccc(OC)c(N[C@H]2c3ccccc3C(=O)N2c2cc(C)ccn2)c1. The molecule has 1 aliphatic heterocycles. The molecule has 1 aromatic heterocycles. The number of anilines is 2. The number of ether oxygens (including phenoxy) is 2. The number of amides is 1. The molecule has 1 N–H and O–H groups in total. The Morgan fingerprint density at radius 2 is 1.86 bits per heavy atom. The van der Waals surface area contributed by atoms with Crippen molar-refractivity contribution in [3.05, 3.63) is 77.5 Å². The van der Waals surface area contributed by atoms with Crippen LogP contribution in [0.3, 0.4) is 0 Å². The molecule has 1 atom stereocenters. The first-order chi connectivity index (χ1) is 13.6. The van der Waals surface area contributed by atoms with E-state index in [1.807, 2.05) is 61.5 Å². The number of hydrogen-bond acceptors (Lipinski definition) is 5. The monoisotopic (exact) mass is 375 g/mol. The average molecular weight is 375 g/mol. The first-order valence-corrected chi connectivity index (χ1v) is 8.96. The molecule has 4 rings (SSSR count). The van der Waals surface area contributed by atoms with Gasteiger partial charge in [-0.2, -0.15) is 0 Å². The van der Waals surface area contributed by atoms with Crippen LogP contribution in [0, 0.1) is 6.92 Å². The summed E-state index contributed by atoms with van der Waals surface area (Å²) in [4.78, 5) is 19.3. The number of carbonyl (C=O) groups is 1. The van der Waals surface area contributed by atoms with E-state index in [2.05, 4.69) is 10.3 Å². The number of fused-ring (bicyclic) bond motifs is 1. The Labute approximate surface area is 163 Å². The summed E-state index contributed by atoms with van der Waals surface area (Å²) in [5.74, 6) is 1.87. The number of carbonyl (C=O) groups excluding carboxylic acids is 1. The van der Waals surface area contributed by atoms with Crippen molar-refractivity contribution in [2.75, 3.05) is 24.4 Å². The van der Waals surface area contributed by atoms with Gasteiger partial charge in [0.1, 0.15) is 23.5 Å². The molecule has 0 saturated carbocycles. The molecule has 0 unspecified atom stereocenters. The number of nitrogens with zero attached hydrogens (tertiary/aromatic N) is 2. The first-order valence-electron chi connectivity index (χ1n) is 8.96. The number of benzene rings is 2. The van der Waals surface area contributed by atoms with Crippen molar-refractivity contribution in [3.8, 4) is 11.5 Å². The summed E-state index contributed by atoms with van der Waals surface area (Å²) in [6.07, 6.45) is 1.29. The van der Waals surface area contributed by atoms with Crippen molar-refractivity contribution >= 4 is 17.4 Å². The van der Waals surface area contributed by atoms with Gasteiger partial charge in [0, 0.05) is 23.4 Å². The van der Waals surface area contributed by atoms with E-state index >= 15 is 0 Å². The Kier molecular flexibility index (Phi) is 4.61. The second kappa shape index (κ2) is 7.23. The fourth-order valence-corrected chi connectivity index (χ4v) is 3.42. The van der Waals surface area contributed by atoms with E-state index in [9.17, 15) is 4.79 Å². The molecule has 142 valence electrons. The van der Waals surface area contributed by atoms with Gasteiger partial charge >= 0.3 is 0 Å². The molecule has 1 amide bonds. The zero-order valence-corrected chi connectivity index (χ0v) is 16.0. The predicted octanol–water partition coefficient (Wildman–Crippen LogP) is 4.18. The first kappa shape index (κ1) is 17.9. The van der Waals surface area contributed by atoms with Gasteiger partial charge in [-0.3, -0.25) is 9.69 Å². The molecule has 28 heavy (non-hydrogen) atoms. The molecule has 0 spiro atoms. The Morgan fingerprint density at radius 3 is 2.61 bits per heavy atom. The topological polar surface area (TPSA) is 63.7 Å². The summed E-state index contributed by atoms with van der Waals surface area (Å²) in [5.41, 5.74) is 3.31. The molecule has 2 heterocycles. The smallest absolute Gasteiger partial charge is 0.261 e. The van der Waals surface area contributed by atoms with E-state index in [0.29, 0.717) is 22.9 Å². The lowest BCUT2D eigenvalue weighted by Crippen LogP contribution is -2.33. The molecule has 6 heteroatoms. The van der Waals surface area contributed by atoms with Crippen molar-refractivity contribution in [2.45, 2.75) is 13.1 Å². The normalized spacial score (nSPS) is 15.3. The minimum atomic E-state index is -0.418. The second-order valence-electron chi connectivity index (χ2n) is 6.57. The summed E-state index contributed by atoms with van der Waals surface area (Å²) in [6.45, 7) is 1.98. The van der Waals surface area contributed by atoms with E-state index in [4.69, 9.17) is 9.47 Å². The highest BCUT2D eigenvalue weighted by Gasteiger charge is 2.38. The quantitative estimate of drug-likeness (QED) is 0.725. The van der Waals surface area contributed by atoms with Gasteiger partial charge in [-0.15, -0.1) is 0 Å². The molecule has 0 radical (unpaired) electrons. The number of methoxy groups -OCH3 is 2. The lowest BCUT2D eigenvalue weighted by atomic mass is 10.1. The van der Waals surface area contributed by atoms with Crippen LogP contribution in [0.25, 0.3) is 0 Å². The zero-order valence-electron chi connectivity index (χ0n) is 16.0. The van der Waals surface area contributed by atoms with Gasteiger partial charge in [0.05, 0.1) is 19.9 Å². The highest BCUT2D eigenvalue weighted by Crippen LogP contribution is 2.40. The third kappa shape index (κ3) is 3.03. The summed E-state index contributed by atoms with van der Waals surface area (Å²) < 4.78 is 10.8. The Morgan fingerprint density at radius 1 is 1.04 bits per heavy atom. The number of nitrogens with one attached hydrogen (secondary N) is 1. The third-order valence-electron chi connectivity index (χ3n) is 4.81. The van der Waals surface area contributed by atoms with Crippen LogP contribution in [0.15, 0.2) is 60.8 Å². The minimum absolute atomic E-state index is 0.0898. The van der Waals surface area contributed by atoms with Crippen LogP contribution in [0.4, 0.5) is 11.5 Å². The van der Waals surface area contributed by atoms with Crippen LogP contribution in [0.5, 0.6) is 11.5 Å². The van der Waals surface area contributed by atoms with E-state index in [0.717, 1.165) is 16.8 Å². The molecular weight excluding hydrogens is 354 g/mol. The Hall–Kier alpha value is -3.54. The second-order valence-corrected chi connectivity index (χ2v) is 6.57. The lowest BCUT2D eigenvalue weighted by Gasteiger charge is -2.27. The van der Waals surface area contributed by atoms with Crippen LogP contribution >= 0.6 is 0 Å². The molecule has 6 nitrogen and oxygen atoms in total. The summed E-state index contributed by atoms with van der Waals surface area (Å²) in [6, 6.07) is 16.9. The fraction of sp³-hybridized carbons (Fsp3) is 0.182. The zero-order chi connectivity index (χ0) is 19.7.